The fourth-order valence-electron chi connectivity index (χ4n) is 2.90. The van der Waals surface area contributed by atoms with Crippen LogP contribution in [-0.2, 0) is 11.8 Å². The molecular weight excluding hydrogens is 336 g/mol. The SMILES string of the molecule is CCSC1CCC(NC(=NC)NCCc2nc(C(C)(C)C)cs2)C1. The second-order valence-corrected chi connectivity index (χ2v) is 9.88. The van der Waals surface area contributed by atoms with Crippen molar-refractivity contribution >= 4 is 29.1 Å². The number of thioether (sulfide) groups is 1. The zero-order valence-electron chi connectivity index (χ0n) is 15.7. The van der Waals surface area contributed by atoms with E-state index in [1.807, 2.05) is 7.05 Å². The van der Waals surface area contributed by atoms with Gasteiger partial charge in [0.05, 0.1) is 10.7 Å². The summed E-state index contributed by atoms with van der Waals surface area (Å²) in [5, 5.41) is 11.2. The zero-order valence-corrected chi connectivity index (χ0v) is 17.3. The number of nitrogens with one attached hydrogen (secondary N) is 2. The number of thiazole rings is 1. The van der Waals surface area contributed by atoms with Crippen molar-refractivity contribution in [1.29, 1.82) is 0 Å². The van der Waals surface area contributed by atoms with Crippen LogP contribution in [0.4, 0.5) is 0 Å². The van der Waals surface area contributed by atoms with E-state index >= 15 is 0 Å². The van der Waals surface area contributed by atoms with E-state index in [1.54, 1.807) is 11.3 Å². The molecule has 0 amide bonds. The van der Waals surface area contributed by atoms with Crippen molar-refractivity contribution in [3.63, 3.8) is 0 Å². The van der Waals surface area contributed by atoms with E-state index in [-0.39, 0.29) is 5.41 Å². The molecule has 1 aliphatic carbocycles. The number of hydrogen-bond acceptors (Lipinski definition) is 4. The highest BCUT2D eigenvalue weighted by atomic mass is 32.2. The number of aromatic nitrogens is 1. The van der Waals surface area contributed by atoms with Gasteiger partial charge in [-0.15, -0.1) is 11.3 Å². The maximum atomic E-state index is 4.75. The van der Waals surface area contributed by atoms with Crippen LogP contribution >= 0.6 is 23.1 Å². The molecule has 0 spiro atoms. The number of guanidine groups is 1. The third-order valence-corrected chi connectivity index (χ3v) is 6.44. The number of rotatable bonds is 6. The Morgan fingerprint density at radius 2 is 2.21 bits per heavy atom. The summed E-state index contributed by atoms with van der Waals surface area (Å²) in [6.07, 6.45) is 4.77. The van der Waals surface area contributed by atoms with Gasteiger partial charge >= 0.3 is 0 Å². The Hall–Kier alpha value is -0.750. The first-order valence-electron chi connectivity index (χ1n) is 8.96. The Morgan fingerprint density at radius 1 is 1.42 bits per heavy atom. The molecule has 0 bridgehead atoms. The molecule has 2 atom stereocenters. The number of hydrogen-bond donors (Lipinski definition) is 2. The van der Waals surface area contributed by atoms with Crippen molar-refractivity contribution < 1.29 is 0 Å². The summed E-state index contributed by atoms with van der Waals surface area (Å²) < 4.78 is 0. The molecule has 2 unspecified atom stereocenters. The van der Waals surface area contributed by atoms with Crippen molar-refractivity contribution in [1.82, 2.24) is 15.6 Å². The summed E-state index contributed by atoms with van der Waals surface area (Å²) in [6, 6.07) is 0.563. The predicted octanol–water partition coefficient (Wildman–Crippen LogP) is 3.82. The third-order valence-electron chi connectivity index (χ3n) is 4.30. The highest BCUT2D eigenvalue weighted by molar-refractivity contribution is 7.99. The molecule has 1 saturated carbocycles. The standard InChI is InChI=1S/C18H32N4S2/c1-6-23-14-8-7-13(11-14)21-17(19-5)20-10-9-16-22-15(12-24-16)18(2,3)4/h12-14H,6-11H2,1-5H3,(H2,19,20,21). The Bertz CT molecular complexity index is 533. The fourth-order valence-corrected chi connectivity index (χ4v) is 5.07. The normalized spacial score (nSPS) is 22.0. The lowest BCUT2D eigenvalue weighted by Crippen LogP contribution is -2.43. The summed E-state index contributed by atoms with van der Waals surface area (Å²) in [6.45, 7) is 9.75. The molecule has 24 heavy (non-hydrogen) atoms. The van der Waals surface area contributed by atoms with Gasteiger partial charge in [-0.2, -0.15) is 11.8 Å². The van der Waals surface area contributed by atoms with Gasteiger partial charge in [0, 0.05) is 42.1 Å². The average Bonchev–Trinajstić information content (AvgIpc) is 3.16. The first-order chi connectivity index (χ1) is 11.4. The molecule has 136 valence electrons. The maximum Gasteiger partial charge on any atom is 0.191 e. The smallest absolute Gasteiger partial charge is 0.191 e. The van der Waals surface area contributed by atoms with Crippen LogP contribution in [0, 0.1) is 0 Å². The van der Waals surface area contributed by atoms with E-state index in [2.05, 4.69) is 60.5 Å². The Morgan fingerprint density at radius 3 is 2.83 bits per heavy atom. The van der Waals surface area contributed by atoms with Gasteiger partial charge in [-0.05, 0) is 25.0 Å². The van der Waals surface area contributed by atoms with Crippen molar-refractivity contribution in [2.45, 2.75) is 70.1 Å². The van der Waals surface area contributed by atoms with Crippen LogP contribution in [0.25, 0.3) is 0 Å². The molecule has 0 aliphatic heterocycles. The second-order valence-electron chi connectivity index (χ2n) is 7.36. The van der Waals surface area contributed by atoms with Gasteiger partial charge in [0.2, 0.25) is 0 Å². The van der Waals surface area contributed by atoms with Gasteiger partial charge in [-0.25, -0.2) is 4.98 Å². The van der Waals surface area contributed by atoms with Crippen LogP contribution in [0.15, 0.2) is 10.4 Å². The van der Waals surface area contributed by atoms with Gasteiger partial charge in [-0.1, -0.05) is 27.7 Å². The minimum absolute atomic E-state index is 0.134. The van der Waals surface area contributed by atoms with Crippen LogP contribution in [-0.4, -0.2) is 41.6 Å². The van der Waals surface area contributed by atoms with Gasteiger partial charge in [0.15, 0.2) is 5.96 Å². The van der Waals surface area contributed by atoms with Gasteiger partial charge < -0.3 is 10.6 Å². The van der Waals surface area contributed by atoms with E-state index in [1.165, 1.54) is 35.7 Å². The minimum atomic E-state index is 0.134. The highest BCUT2D eigenvalue weighted by Gasteiger charge is 2.25. The molecule has 1 fully saturated rings. The predicted molar refractivity (Wildman–Crippen MR) is 109 cm³/mol. The molecule has 0 saturated heterocycles. The van der Waals surface area contributed by atoms with Crippen LogP contribution in [0.3, 0.4) is 0 Å². The van der Waals surface area contributed by atoms with Gasteiger partial charge in [0.25, 0.3) is 0 Å². The molecular formula is C18H32N4S2. The lowest BCUT2D eigenvalue weighted by molar-refractivity contribution is 0.570. The molecule has 1 aromatic rings. The van der Waals surface area contributed by atoms with E-state index in [4.69, 9.17) is 4.98 Å². The van der Waals surface area contributed by atoms with E-state index in [9.17, 15) is 0 Å². The topological polar surface area (TPSA) is 49.3 Å². The van der Waals surface area contributed by atoms with Crippen LogP contribution in [0.2, 0.25) is 0 Å². The van der Waals surface area contributed by atoms with Crippen LogP contribution in [0.5, 0.6) is 0 Å². The maximum absolute atomic E-state index is 4.75. The summed E-state index contributed by atoms with van der Waals surface area (Å²) in [7, 11) is 1.85. The van der Waals surface area contributed by atoms with E-state index < -0.39 is 0 Å². The summed E-state index contributed by atoms with van der Waals surface area (Å²) in [4.78, 5) is 9.12. The van der Waals surface area contributed by atoms with Crippen LogP contribution in [0.1, 0.15) is 57.7 Å². The summed E-state index contributed by atoms with van der Waals surface area (Å²) in [5.41, 5.74) is 1.32. The van der Waals surface area contributed by atoms with Crippen molar-refractivity contribution in [3.05, 3.63) is 16.1 Å². The molecule has 6 heteroatoms. The lowest BCUT2D eigenvalue weighted by atomic mass is 9.93. The highest BCUT2D eigenvalue weighted by Crippen LogP contribution is 2.29. The number of nitrogens with zero attached hydrogens (tertiary/aromatic N) is 2. The monoisotopic (exact) mass is 368 g/mol. The molecule has 1 heterocycles. The minimum Gasteiger partial charge on any atom is -0.356 e. The van der Waals surface area contributed by atoms with E-state index in [0.717, 1.165) is 24.2 Å². The molecule has 1 aromatic heterocycles. The largest absolute Gasteiger partial charge is 0.356 e. The van der Waals surface area contributed by atoms with Gasteiger partial charge in [0.1, 0.15) is 0 Å². The zero-order chi connectivity index (χ0) is 17.6. The lowest BCUT2D eigenvalue weighted by Gasteiger charge is -2.17. The van der Waals surface area contributed by atoms with Gasteiger partial charge in [-0.3, -0.25) is 4.99 Å². The molecule has 2 rings (SSSR count). The molecule has 4 nitrogen and oxygen atoms in total. The van der Waals surface area contributed by atoms with Crippen LogP contribution < -0.4 is 10.6 Å². The second kappa shape index (κ2) is 9.09. The van der Waals surface area contributed by atoms with Crippen molar-refractivity contribution in [2.75, 3.05) is 19.3 Å². The Labute approximate surface area is 155 Å². The third kappa shape index (κ3) is 5.96. The van der Waals surface area contributed by atoms with Crippen molar-refractivity contribution in [2.24, 2.45) is 4.99 Å². The molecule has 0 aromatic carbocycles. The van der Waals surface area contributed by atoms with Crippen molar-refractivity contribution in [3.8, 4) is 0 Å². The average molecular weight is 369 g/mol. The summed E-state index contributed by atoms with van der Waals surface area (Å²) >= 11 is 3.85. The molecule has 2 N–H and O–H groups in total. The Balaban J connectivity index is 1.73. The first kappa shape index (κ1) is 19.6. The molecule has 1 aliphatic rings. The van der Waals surface area contributed by atoms with E-state index in [0.29, 0.717) is 6.04 Å². The molecule has 0 radical (unpaired) electrons. The quantitative estimate of drug-likeness (QED) is 0.592. The summed E-state index contributed by atoms with van der Waals surface area (Å²) in [5.74, 6) is 2.14. The first-order valence-corrected chi connectivity index (χ1v) is 10.9. The number of aliphatic imine (C=N–C) groups is 1. The fraction of sp³-hybridized carbons (Fsp3) is 0.778. The Kier molecular flexibility index (Phi) is 7.41.